The highest BCUT2D eigenvalue weighted by Crippen LogP contribution is 2.36. The van der Waals surface area contributed by atoms with E-state index in [1.54, 1.807) is 11.3 Å². The van der Waals surface area contributed by atoms with Gasteiger partial charge in [-0.15, -0.1) is 11.3 Å². The first-order valence-corrected chi connectivity index (χ1v) is 9.07. The first-order chi connectivity index (χ1) is 11.7. The van der Waals surface area contributed by atoms with Crippen molar-refractivity contribution in [3.05, 3.63) is 53.5 Å². The quantitative estimate of drug-likeness (QED) is 0.704. The van der Waals surface area contributed by atoms with Gasteiger partial charge in [0, 0.05) is 24.7 Å². The van der Waals surface area contributed by atoms with Crippen LogP contribution in [0.5, 0.6) is 0 Å². The third-order valence-electron chi connectivity index (χ3n) is 4.62. The number of anilines is 2. The highest BCUT2D eigenvalue weighted by atomic mass is 32.1. The summed E-state index contributed by atoms with van der Waals surface area (Å²) >= 11 is 1.57. The van der Waals surface area contributed by atoms with Gasteiger partial charge >= 0.3 is 0 Å². The Kier molecular flexibility index (Phi) is 3.73. The number of aromatic nitrogens is 1. The summed E-state index contributed by atoms with van der Waals surface area (Å²) in [6.45, 7) is 5.96. The molecule has 1 aliphatic rings. The van der Waals surface area contributed by atoms with Gasteiger partial charge in [-0.05, 0) is 44.2 Å². The number of nitrogens with zero attached hydrogens (tertiary/aromatic N) is 3. The van der Waals surface area contributed by atoms with Crippen LogP contribution in [0.1, 0.15) is 24.2 Å². The predicted molar refractivity (Wildman–Crippen MR) is 100 cm³/mol. The molecule has 4 nitrogen and oxygen atoms in total. The van der Waals surface area contributed by atoms with Gasteiger partial charge in [-0.2, -0.15) is 0 Å². The molecule has 0 bridgehead atoms. The Morgan fingerprint density at radius 3 is 2.83 bits per heavy atom. The van der Waals surface area contributed by atoms with E-state index in [0.29, 0.717) is 12.6 Å². The maximum atomic E-state index is 13.2. The molecule has 1 atom stereocenters. The summed E-state index contributed by atoms with van der Waals surface area (Å²) in [6.07, 6.45) is 0. The van der Waals surface area contributed by atoms with Crippen molar-refractivity contribution in [3.63, 3.8) is 0 Å². The van der Waals surface area contributed by atoms with Gasteiger partial charge in [0.05, 0.1) is 27.1 Å². The second-order valence-electron chi connectivity index (χ2n) is 6.07. The van der Waals surface area contributed by atoms with Crippen molar-refractivity contribution in [2.24, 2.45) is 0 Å². The summed E-state index contributed by atoms with van der Waals surface area (Å²) in [6, 6.07) is 14.2. The van der Waals surface area contributed by atoms with Crippen molar-refractivity contribution in [2.75, 3.05) is 22.9 Å². The Morgan fingerprint density at radius 1 is 1.25 bits per heavy atom. The number of benzene rings is 2. The standard InChI is InChI=1S/C19H19N3OS/c1-3-21-13(2)11-22(17-7-5-4-6-16(17)21)19(23)14-8-9-15-18(10-14)24-12-20-15/h4-10,12-13H,3,11H2,1-2H3. The number of carbonyl (C=O) groups excluding carboxylic acids is 1. The molecular weight excluding hydrogens is 318 g/mol. The molecule has 0 N–H and O–H groups in total. The number of rotatable bonds is 2. The van der Waals surface area contributed by atoms with Gasteiger partial charge in [0.25, 0.3) is 5.91 Å². The van der Waals surface area contributed by atoms with Crippen LogP contribution >= 0.6 is 11.3 Å². The molecule has 4 rings (SSSR count). The van der Waals surface area contributed by atoms with Crippen LogP contribution < -0.4 is 9.80 Å². The van der Waals surface area contributed by atoms with Crippen molar-refractivity contribution in [1.29, 1.82) is 0 Å². The molecule has 3 aromatic rings. The van der Waals surface area contributed by atoms with E-state index in [-0.39, 0.29) is 5.91 Å². The van der Waals surface area contributed by atoms with Gasteiger partial charge < -0.3 is 9.80 Å². The van der Waals surface area contributed by atoms with Crippen molar-refractivity contribution >= 4 is 38.8 Å². The van der Waals surface area contributed by atoms with Crippen LogP contribution in [0.2, 0.25) is 0 Å². The lowest BCUT2D eigenvalue weighted by Gasteiger charge is -2.42. The summed E-state index contributed by atoms with van der Waals surface area (Å²) in [7, 11) is 0. The molecule has 122 valence electrons. The fraction of sp³-hybridized carbons (Fsp3) is 0.263. The van der Waals surface area contributed by atoms with Gasteiger partial charge in [0.15, 0.2) is 0 Å². The molecule has 24 heavy (non-hydrogen) atoms. The predicted octanol–water partition coefficient (Wildman–Crippen LogP) is 4.17. The van der Waals surface area contributed by atoms with E-state index in [9.17, 15) is 4.79 Å². The highest BCUT2D eigenvalue weighted by molar-refractivity contribution is 7.16. The van der Waals surface area contributed by atoms with Crippen LogP contribution in [-0.4, -0.2) is 30.0 Å². The molecule has 1 amide bonds. The van der Waals surface area contributed by atoms with Gasteiger partial charge in [0.1, 0.15) is 0 Å². The van der Waals surface area contributed by atoms with Crippen molar-refractivity contribution in [3.8, 4) is 0 Å². The maximum Gasteiger partial charge on any atom is 0.258 e. The molecule has 0 saturated carbocycles. The summed E-state index contributed by atoms with van der Waals surface area (Å²) in [5.74, 6) is 0.0559. The largest absolute Gasteiger partial charge is 0.366 e. The molecule has 0 saturated heterocycles. The molecule has 0 fully saturated rings. The minimum atomic E-state index is 0.0559. The average molecular weight is 337 g/mol. The Hall–Kier alpha value is -2.40. The molecule has 1 unspecified atom stereocenters. The molecule has 0 radical (unpaired) electrons. The number of hydrogen-bond donors (Lipinski definition) is 0. The van der Waals surface area contributed by atoms with Gasteiger partial charge in [-0.1, -0.05) is 12.1 Å². The van der Waals surface area contributed by atoms with E-state index in [4.69, 9.17) is 0 Å². The molecule has 1 aromatic heterocycles. The molecule has 2 heterocycles. The lowest BCUT2D eigenvalue weighted by Crippen LogP contribution is -2.49. The summed E-state index contributed by atoms with van der Waals surface area (Å²) < 4.78 is 1.05. The summed E-state index contributed by atoms with van der Waals surface area (Å²) in [5, 5.41) is 0. The second kappa shape index (κ2) is 5.91. The monoisotopic (exact) mass is 337 g/mol. The minimum absolute atomic E-state index is 0.0559. The minimum Gasteiger partial charge on any atom is -0.366 e. The topological polar surface area (TPSA) is 36.4 Å². The Bertz CT molecular complexity index is 904. The number of hydrogen-bond acceptors (Lipinski definition) is 4. The number of carbonyl (C=O) groups is 1. The zero-order chi connectivity index (χ0) is 16.7. The first kappa shape index (κ1) is 15.1. The van der Waals surface area contributed by atoms with Crippen LogP contribution in [0.3, 0.4) is 0 Å². The number of amides is 1. The van der Waals surface area contributed by atoms with Crippen LogP contribution in [0.4, 0.5) is 11.4 Å². The van der Waals surface area contributed by atoms with E-state index >= 15 is 0 Å². The zero-order valence-corrected chi connectivity index (χ0v) is 14.6. The van der Waals surface area contributed by atoms with Crippen molar-refractivity contribution in [2.45, 2.75) is 19.9 Å². The van der Waals surface area contributed by atoms with E-state index in [1.165, 1.54) is 0 Å². The molecule has 2 aromatic carbocycles. The van der Waals surface area contributed by atoms with Crippen LogP contribution in [-0.2, 0) is 0 Å². The molecule has 0 aliphatic carbocycles. The third-order valence-corrected chi connectivity index (χ3v) is 5.42. The summed E-state index contributed by atoms with van der Waals surface area (Å²) in [5.41, 5.74) is 5.61. The summed E-state index contributed by atoms with van der Waals surface area (Å²) in [4.78, 5) is 21.7. The number of thiazole rings is 1. The van der Waals surface area contributed by atoms with Gasteiger partial charge in [-0.3, -0.25) is 4.79 Å². The average Bonchev–Trinajstić information content (AvgIpc) is 3.08. The number of likely N-dealkylation sites (N-methyl/N-ethyl adjacent to an activating group) is 1. The zero-order valence-electron chi connectivity index (χ0n) is 13.8. The van der Waals surface area contributed by atoms with Gasteiger partial charge in [-0.25, -0.2) is 4.98 Å². The molecule has 5 heteroatoms. The molecule has 1 aliphatic heterocycles. The molecule has 0 spiro atoms. The Balaban J connectivity index is 1.76. The second-order valence-corrected chi connectivity index (χ2v) is 6.96. The highest BCUT2D eigenvalue weighted by Gasteiger charge is 2.31. The fourth-order valence-corrected chi connectivity index (χ4v) is 4.17. The smallest absolute Gasteiger partial charge is 0.258 e. The van der Waals surface area contributed by atoms with Crippen LogP contribution in [0.25, 0.3) is 10.2 Å². The van der Waals surface area contributed by atoms with Gasteiger partial charge in [0.2, 0.25) is 0 Å². The normalized spacial score (nSPS) is 17.2. The van der Waals surface area contributed by atoms with Crippen molar-refractivity contribution < 1.29 is 4.79 Å². The Morgan fingerprint density at radius 2 is 2.04 bits per heavy atom. The van der Waals surface area contributed by atoms with Crippen LogP contribution in [0, 0.1) is 0 Å². The molecular formula is C19H19N3OS. The van der Waals surface area contributed by atoms with E-state index in [0.717, 1.165) is 33.7 Å². The van der Waals surface area contributed by atoms with Crippen LogP contribution in [0.15, 0.2) is 48.0 Å². The number of para-hydroxylation sites is 2. The third kappa shape index (κ3) is 2.36. The lowest BCUT2D eigenvalue weighted by atomic mass is 10.1. The van der Waals surface area contributed by atoms with E-state index in [1.807, 2.05) is 46.8 Å². The lowest BCUT2D eigenvalue weighted by molar-refractivity contribution is 0.0984. The SMILES string of the molecule is CCN1c2ccccc2N(C(=O)c2ccc3ncsc3c2)CC1C. The van der Waals surface area contributed by atoms with E-state index < -0.39 is 0 Å². The fourth-order valence-electron chi connectivity index (χ4n) is 3.45. The van der Waals surface area contributed by atoms with E-state index in [2.05, 4.69) is 29.8 Å². The van der Waals surface area contributed by atoms with Crippen molar-refractivity contribution in [1.82, 2.24) is 4.98 Å². The Labute approximate surface area is 145 Å². The first-order valence-electron chi connectivity index (χ1n) is 8.20. The maximum absolute atomic E-state index is 13.2. The number of fused-ring (bicyclic) bond motifs is 2.